The molecule has 0 N–H and O–H groups in total. The zero-order valence-electron chi connectivity index (χ0n) is 41.6. The van der Waals surface area contributed by atoms with E-state index in [-0.39, 0.29) is 5.82 Å². The van der Waals surface area contributed by atoms with E-state index in [4.69, 9.17) is 32.2 Å². The van der Waals surface area contributed by atoms with Crippen LogP contribution in [0.2, 0.25) is 0 Å². The van der Waals surface area contributed by atoms with Gasteiger partial charge in [-0.2, -0.15) is 0 Å². The van der Waals surface area contributed by atoms with Gasteiger partial charge >= 0.3 is 83.1 Å². The van der Waals surface area contributed by atoms with Crippen molar-refractivity contribution in [1.82, 2.24) is 34.9 Å². The molecule has 15 nitrogen and oxygen atoms in total. The molecule has 12 aromatic heterocycles. The summed E-state index contributed by atoms with van der Waals surface area (Å²) >= 11 is 10.5. The molecule has 0 saturated heterocycles. The van der Waals surface area contributed by atoms with E-state index >= 15 is 0 Å². The second-order valence-electron chi connectivity index (χ2n) is 17.0. The van der Waals surface area contributed by atoms with E-state index in [1.54, 1.807) is 59.9 Å². The van der Waals surface area contributed by atoms with Crippen molar-refractivity contribution in [1.29, 1.82) is 0 Å². The lowest BCUT2D eigenvalue weighted by atomic mass is 10.1. The minimum Gasteiger partial charge on any atom is -0.650 e. The van der Waals surface area contributed by atoms with Crippen LogP contribution in [0.25, 0.3) is 107 Å². The summed E-state index contributed by atoms with van der Waals surface area (Å²) in [5, 5.41) is 4.78. The Morgan fingerprint density at radius 2 is 0.910 bits per heavy atom. The first kappa shape index (κ1) is 53.2. The lowest BCUT2D eigenvalue weighted by Crippen LogP contribution is -1.89. The number of furan rings is 3. The first-order chi connectivity index (χ1) is 38.2. The molecule has 15 aromatic rings. The highest BCUT2D eigenvalue weighted by Crippen LogP contribution is 2.41. The first-order valence-electron chi connectivity index (χ1n) is 23.5. The topological polar surface area (TPSA) is 176 Å². The molecule has 0 aliphatic heterocycles. The van der Waals surface area contributed by atoms with Crippen LogP contribution in [-0.2, 0) is 0 Å². The Balaban J connectivity index is 0.000000103. The third-order valence-electron chi connectivity index (χ3n) is 12.1. The summed E-state index contributed by atoms with van der Waals surface area (Å²) in [5.74, 6) is 3.48. The fraction of sp³-hybridized carbons (Fsp3) is 0.0364. The number of benzene rings is 3. The van der Waals surface area contributed by atoms with E-state index in [0.717, 1.165) is 115 Å². The molecule has 5 radical (unpaired) electrons. The summed E-state index contributed by atoms with van der Waals surface area (Å²) in [6.07, 6.45) is 13.4. The van der Waals surface area contributed by atoms with Crippen LogP contribution in [0.1, 0.15) is 11.1 Å². The number of pyridine rings is 7. The monoisotopic (exact) mass is 1140 g/mol. The van der Waals surface area contributed by atoms with Crippen LogP contribution < -0.4 is 18.9 Å². The van der Waals surface area contributed by atoms with Gasteiger partial charge in [-0.25, -0.2) is 9.37 Å². The van der Waals surface area contributed by atoms with Gasteiger partial charge in [0.25, 0.3) is 0 Å². The smallest absolute Gasteiger partial charge is 0.495 e. The standard InChI is InChI=1S/C12H8FNOS.C12H9NOS.C11H7NO2.2C10H6N2O2.5Al.5H/c1-6-2-8(15)11-9(3-6)16-10-4-7(13)5-14-12(10)11;1-7-5-10-12(13-6-7)11-8(14)3-2-4-9(11)15-10;13-7-3-1-4-8-10(7)11-9(14-8)5-2-6-12-11;13-10-8-6(3-5-12-10)14-7-2-1-4-11-9(7)8;13-6-4-11-5-8-9(6)10-7(14-8)2-1-3-12-10;;;;;;;;;;/h2-5,15H,1H3;2-6,14H,1H3;1-6,13H;1-5H,(H,12,13);1-5,13H;;;;;;;;;;/q;;;;;5*+1;;;;;/p-5. The molecule has 0 spiro atoms. The van der Waals surface area contributed by atoms with E-state index in [1.165, 1.54) is 110 Å². The molecule has 0 aliphatic rings. The summed E-state index contributed by atoms with van der Waals surface area (Å²) in [7, 11) is 0. The fourth-order valence-corrected chi connectivity index (χ4v) is 12.3. The second-order valence-corrected chi connectivity index (χ2v) is 20.6. The van der Waals surface area contributed by atoms with Crippen molar-refractivity contribution in [2.24, 2.45) is 0 Å². The molecule has 23 heteroatoms. The van der Waals surface area contributed by atoms with Crippen LogP contribution in [0.3, 0.4) is 0 Å². The molecule has 0 saturated carbocycles. The first-order valence-corrected chi connectivity index (χ1v) is 28.1. The Morgan fingerprint density at radius 1 is 0.385 bits per heavy atom. The Kier molecular flexibility index (Phi) is 16.1. The molecular formula is C55H36Al5FN7O8S2. The molecule has 3 aromatic carbocycles. The summed E-state index contributed by atoms with van der Waals surface area (Å²) in [6, 6.07) is 32.6. The largest absolute Gasteiger partial charge is 0.650 e. The average Bonchev–Trinajstić information content (AvgIpc) is 4.39. The van der Waals surface area contributed by atoms with Crippen molar-refractivity contribution in [2.75, 3.05) is 0 Å². The highest BCUT2D eigenvalue weighted by Gasteiger charge is 2.16. The van der Waals surface area contributed by atoms with Gasteiger partial charge in [0.1, 0.15) is 44.7 Å². The zero-order valence-corrected chi connectivity index (χ0v) is 50.3. The van der Waals surface area contributed by atoms with E-state index in [0.29, 0.717) is 17.2 Å². The molecule has 0 aliphatic carbocycles. The van der Waals surface area contributed by atoms with Gasteiger partial charge in [0.15, 0.2) is 28.2 Å². The number of fused-ring (bicyclic) bond motifs is 15. The van der Waals surface area contributed by atoms with Gasteiger partial charge in [-0.15, -0.1) is 22.7 Å². The van der Waals surface area contributed by atoms with Gasteiger partial charge in [0.05, 0.1) is 77.8 Å². The van der Waals surface area contributed by atoms with Crippen LogP contribution in [0.4, 0.5) is 4.39 Å². The number of halogens is 1. The van der Waals surface area contributed by atoms with Crippen LogP contribution in [0.5, 0.6) is 28.9 Å². The number of nitrogens with zero attached hydrogens (tertiary/aromatic N) is 7. The number of thiophene rings is 2. The average molecular weight is 1140 g/mol. The summed E-state index contributed by atoms with van der Waals surface area (Å²) in [5.41, 5.74) is 11.2. The molecule has 0 unspecified atom stereocenters. The van der Waals surface area contributed by atoms with Gasteiger partial charge in [-0.1, -0.05) is 12.1 Å². The van der Waals surface area contributed by atoms with Crippen molar-refractivity contribution in [2.45, 2.75) is 13.8 Å². The molecule has 373 valence electrons. The number of hydrogen-bond donors (Lipinski definition) is 0. The van der Waals surface area contributed by atoms with Crippen molar-refractivity contribution < 1.29 is 36.6 Å². The van der Waals surface area contributed by atoms with Crippen LogP contribution in [0.15, 0.2) is 166 Å². The molecule has 78 heavy (non-hydrogen) atoms. The highest BCUT2D eigenvalue weighted by atomic mass is 32.1. The van der Waals surface area contributed by atoms with Gasteiger partial charge in [0.2, 0.25) is 0 Å². The van der Waals surface area contributed by atoms with Crippen LogP contribution in [0, 0.1) is 19.7 Å². The Labute approximate surface area is 492 Å². The van der Waals surface area contributed by atoms with E-state index < -0.39 is 0 Å². The lowest BCUT2D eigenvalue weighted by molar-refractivity contribution is 0.594. The molecule has 12 heterocycles. The third-order valence-corrected chi connectivity index (χ3v) is 15.8. The fourth-order valence-electron chi connectivity index (χ4n) is 8.80. The highest BCUT2D eigenvalue weighted by molar-refractivity contribution is 7.26. The Morgan fingerprint density at radius 3 is 1.56 bits per heavy atom. The van der Waals surface area contributed by atoms with Gasteiger partial charge < -0.3 is 32.2 Å². The Hall–Kier alpha value is -6.86. The van der Waals surface area contributed by atoms with E-state index in [1.807, 2.05) is 92.0 Å². The number of aryl methyl sites for hydroxylation is 2. The van der Waals surface area contributed by atoms with E-state index in [9.17, 15) is 4.39 Å². The molecule has 0 atom stereocenters. The predicted molar refractivity (Wildman–Crippen MR) is 313 cm³/mol. The van der Waals surface area contributed by atoms with Crippen molar-refractivity contribution in [3.05, 3.63) is 170 Å². The zero-order chi connectivity index (χ0) is 53.9. The van der Waals surface area contributed by atoms with Crippen LogP contribution >= 0.6 is 22.7 Å². The van der Waals surface area contributed by atoms with Crippen molar-refractivity contribution in [3.63, 3.8) is 0 Å². The number of rotatable bonds is 5. The molecule has 0 fully saturated rings. The summed E-state index contributed by atoms with van der Waals surface area (Å²) < 4.78 is 61.0. The molecule has 0 bridgehead atoms. The summed E-state index contributed by atoms with van der Waals surface area (Å²) in [4.78, 5) is 29.7. The molecule has 15 rings (SSSR count). The lowest BCUT2D eigenvalue weighted by Gasteiger charge is -2.05. The minimum absolute atomic E-state index is 0.304. The van der Waals surface area contributed by atoms with E-state index in [2.05, 4.69) is 60.0 Å². The Bertz CT molecular complexity index is 4400. The maximum absolute atomic E-state index is 13.1. The SMILES string of the molecule is Cc1cc([O][AlH])c2c(c1)sc1cc(F)cnc12.Cc1cnc2c(c1)sc1cccc([O][AlH])c12.[AlH][O]c1cccc2oc3cccnc3c12.[AlH][O]c1cncc2oc3cccnc3c12.[AlH][O]c1nccc2oc3cccnc3c12. The number of aromatic nitrogens is 7. The van der Waals surface area contributed by atoms with Gasteiger partial charge in [0, 0.05) is 46.5 Å². The van der Waals surface area contributed by atoms with Gasteiger partial charge in [-0.05, 0) is 110 Å². The van der Waals surface area contributed by atoms with Crippen LogP contribution in [-0.4, -0.2) is 118 Å². The van der Waals surface area contributed by atoms with Gasteiger partial charge in [-0.3, -0.25) is 29.9 Å². The quantitative estimate of drug-likeness (QED) is 0.149. The third kappa shape index (κ3) is 10.6. The maximum Gasteiger partial charge on any atom is 0.495 e. The minimum atomic E-state index is -0.304. The van der Waals surface area contributed by atoms with Crippen molar-refractivity contribution in [3.8, 4) is 28.9 Å². The summed E-state index contributed by atoms with van der Waals surface area (Å²) in [6.45, 7) is 4.08. The predicted octanol–water partition coefficient (Wildman–Crippen LogP) is 11.4. The molecular weight excluding hydrogens is 1100 g/mol. The second kappa shape index (κ2) is 23.6. The maximum atomic E-state index is 13.1. The molecule has 0 amide bonds. The normalized spacial score (nSPS) is 11.0. The van der Waals surface area contributed by atoms with Crippen molar-refractivity contribution >= 4 is 213 Å². The number of hydrogen-bond acceptors (Lipinski definition) is 17.